The molecule has 2 aromatic carbocycles. The first-order valence-corrected chi connectivity index (χ1v) is 11.9. The zero-order valence-corrected chi connectivity index (χ0v) is 19.3. The van der Waals surface area contributed by atoms with Crippen molar-refractivity contribution in [2.75, 3.05) is 39.3 Å². The minimum absolute atomic E-state index is 0.0194. The highest BCUT2D eigenvalue weighted by molar-refractivity contribution is 5.66. The summed E-state index contributed by atoms with van der Waals surface area (Å²) in [6, 6.07) is 13.2. The van der Waals surface area contributed by atoms with Gasteiger partial charge in [-0.2, -0.15) is 0 Å². The van der Waals surface area contributed by atoms with Crippen LogP contribution in [0.4, 0.5) is 8.78 Å². The zero-order chi connectivity index (χ0) is 22.1. The maximum atomic E-state index is 15.8. The monoisotopic (exact) mass is 426 g/mol. The van der Waals surface area contributed by atoms with Crippen LogP contribution in [0, 0.1) is 5.82 Å². The van der Waals surface area contributed by atoms with E-state index in [2.05, 4.69) is 36.6 Å². The van der Waals surface area contributed by atoms with Gasteiger partial charge in [0.15, 0.2) is 0 Å². The summed E-state index contributed by atoms with van der Waals surface area (Å²) in [6.45, 7) is 12.3. The summed E-state index contributed by atoms with van der Waals surface area (Å²) in [6.07, 6.45) is 3.10. The molecular formula is C27H36F2N2. The summed E-state index contributed by atoms with van der Waals surface area (Å²) in [4.78, 5) is 4.75. The lowest BCUT2D eigenvalue weighted by Gasteiger charge is -2.39. The molecule has 2 heterocycles. The Balaban J connectivity index is 1.61. The molecule has 0 bridgehead atoms. The molecule has 0 atom stereocenters. The first kappa shape index (κ1) is 22.4. The van der Waals surface area contributed by atoms with Gasteiger partial charge in [-0.05, 0) is 97.7 Å². The fourth-order valence-electron chi connectivity index (χ4n) is 5.25. The van der Waals surface area contributed by atoms with Crippen molar-refractivity contribution in [3.63, 3.8) is 0 Å². The number of hydrogen-bond acceptors (Lipinski definition) is 2. The second-order valence-electron chi connectivity index (χ2n) is 9.70. The van der Waals surface area contributed by atoms with Gasteiger partial charge in [0.2, 0.25) is 0 Å². The van der Waals surface area contributed by atoms with Crippen molar-refractivity contribution in [1.82, 2.24) is 9.80 Å². The predicted octanol–water partition coefficient (Wildman–Crippen LogP) is 6.15. The Labute approximate surface area is 186 Å². The summed E-state index contributed by atoms with van der Waals surface area (Å²) in [5.74, 6) is -0.205. The minimum Gasteiger partial charge on any atom is -0.304 e. The third-order valence-electron chi connectivity index (χ3n) is 7.81. The van der Waals surface area contributed by atoms with E-state index in [0.29, 0.717) is 12.8 Å². The predicted molar refractivity (Wildman–Crippen MR) is 125 cm³/mol. The van der Waals surface area contributed by atoms with Gasteiger partial charge in [-0.25, -0.2) is 8.78 Å². The van der Waals surface area contributed by atoms with Gasteiger partial charge in [-0.1, -0.05) is 45.0 Å². The third-order valence-corrected chi connectivity index (χ3v) is 7.81. The van der Waals surface area contributed by atoms with E-state index in [1.807, 2.05) is 24.3 Å². The van der Waals surface area contributed by atoms with E-state index < -0.39 is 5.67 Å². The number of nitrogens with zero attached hydrogens (tertiary/aromatic N) is 2. The fraction of sp³-hybridized carbons (Fsp3) is 0.556. The number of rotatable bonds is 5. The first-order chi connectivity index (χ1) is 14.8. The molecule has 4 rings (SSSR count). The van der Waals surface area contributed by atoms with Crippen LogP contribution >= 0.6 is 0 Å². The van der Waals surface area contributed by atoms with E-state index in [4.69, 9.17) is 0 Å². The van der Waals surface area contributed by atoms with Crippen LogP contribution in [0.15, 0.2) is 42.5 Å². The largest absolute Gasteiger partial charge is 0.304 e. The molecule has 0 N–H and O–H groups in total. The highest BCUT2D eigenvalue weighted by Gasteiger charge is 2.36. The Hall–Kier alpha value is -1.78. The number of alkyl halides is 1. The second kappa shape index (κ2) is 8.99. The van der Waals surface area contributed by atoms with Crippen molar-refractivity contribution >= 4 is 0 Å². The van der Waals surface area contributed by atoms with Crippen molar-refractivity contribution in [1.29, 1.82) is 0 Å². The van der Waals surface area contributed by atoms with Crippen molar-refractivity contribution in [3.05, 3.63) is 59.4 Å². The molecule has 31 heavy (non-hydrogen) atoms. The van der Waals surface area contributed by atoms with Crippen LogP contribution in [0.1, 0.15) is 57.6 Å². The lowest BCUT2D eigenvalue weighted by Crippen LogP contribution is -2.40. The Morgan fingerprint density at radius 3 is 1.97 bits per heavy atom. The van der Waals surface area contributed by atoms with Crippen molar-refractivity contribution in [2.24, 2.45) is 0 Å². The van der Waals surface area contributed by atoms with Crippen LogP contribution in [-0.4, -0.2) is 49.1 Å². The molecule has 2 saturated heterocycles. The minimum atomic E-state index is -1.29. The van der Waals surface area contributed by atoms with E-state index >= 15 is 4.39 Å². The number of halogens is 2. The van der Waals surface area contributed by atoms with Gasteiger partial charge in [0.05, 0.1) is 0 Å². The van der Waals surface area contributed by atoms with E-state index in [1.54, 1.807) is 12.1 Å². The number of piperidine rings is 2. The summed E-state index contributed by atoms with van der Waals surface area (Å²) in [5, 5.41) is 0. The molecule has 2 aliphatic heterocycles. The summed E-state index contributed by atoms with van der Waals surface area (Å²) in [5.41, 5.74) is 2.24. The Kier molecular flexibility index (Phi) is 6.50. The summed E-state index contributed by atoms with van der Waals surface area (Å²) < 4.78 is 30.5. The van der Waals surface area contributed by atoms with Gasteiger partial charge < -0.3 is 9.80 Å². The molecule has 2 aliphatic rings. The molecule has 0 aliphatic carbocycles. The standard InChI is InChI=1S/C27H36F2N2/c1-4-30-13-9-26(3,10-14-30)24-18-22(19-25(28)20-24)21-7-6-8-23(17-21)27(29)11-15-31(5-2)16-12-27/h6-8,17-20H,4-5,9-16H2,1-3H3. The lowest BCUT2D eigenvalue weighted by molar-refractivity contribution is 0.0585. The molecule has 0 aromatic heterocycles. The SMILES string of the molecule is CCN1CCC(C)(c2cc(F)cc(-c3cccc(C4(F)CCN(CC)CC4)c3)c2)CC1. The molecule has 2 nitrogen and oxygen atoms in total. The fourth-order valence-corrected chi connectivity index (χ4v) is 5.25. The molecule has 2 aromatic rings. The van der Waals surface area contributed by atoms with Crippen LogP contribution in [0.3, 0.4) is 0 Å². The van der Waals surface area contributed by atoms with Crippen LogP contribution in [0.5, 0.6) is 0 Å². The van der Waals surface area contributed by atoms with Gasteiger partial charge in [0, 0.05) is 13.1 Å². The maximum absolute atomic E-state index is 15.8. The second-order valence-corrected chi connectivity index (χ2v) is 9.70. The average molecular weight is 427 g/mol. The molecule has 4 heteroatoms. The summed E-state index contributed by atoms with van der Waals surface area (Å²) >= 11 is 0. The van der Waals surface area contributed by atoms with Gasteiger partial charge in [0.1, 0.15) is 11.5 Å². The topological polar surface area (TPSA) is 6.48 Å². The van der Waals surface area contributed by atoms with Gasteiger partial charge in [-0.15, -0.1) is 0 Å². The Morgan fingerprint density at radius 2 is 1.35 bits per heavy atom. The molecule has 0 amide bonds. The van der Waals surface area contributed by atoms with E-state index in [-0.39, 0.29) is 11.2 Å². The van der Waals surface area contributed by atoms with Crippen molar-refractivity contribution in [3.8, 4) is 11.1 Å². The smallest absolute Gasteiger partial charge is 0.138 e. The molecule has 0 saturated carbocycles. The summed E-state index contributed by atoms with van der Waals surface area (Å²) in [7, 11) is 0. The molecular weight excluding hydrogens is 390 g/mol. The number of likely N-dealkylation sites (tertiary alicyclic amines) is 2. The number of benzene rings is 2. The Bertz CT molecular complexity index is 894. The molecule has 0 spiro atoms. The van der Waals surface area contributed by atoms with E-state index in [1.165, 1.54) is 0 Å². The maximum Gasteiger partial charge on any atom is 0.138 e. The Morgan fingerprint density at radius 1 is 0.774 bits per heavy atom. The van der Waals surface area contributed by atoms with Crippen LogP contribution in [0.25, 0.3) is 11.1 Å². The number of hydrogen-bond donors (Lipinski definition) is 0. The van der Waals surface area contributed by atoms with Crippen LogP contribution in [-0.2, 0) is 11.1 Å². The first-order valence-electron chi connectivity index (χ1n) is 11.9. The molecule has 0 unspecified atom stereocenters. The molecule has 168 valence electrons. The average Bonchev–Trinajstić information content (AvgIpc) is 2.80. The quantitative estimate of drug-likeness (QED) is 0.566. The van der Waals surface area contributed by atoms with Crippen LogP contribution in [0.2, 0.25) is 0 Å². The van der Waals surface area contributed by atoms with Crippen LogP contribution < -0.4 is 0 Å². The molecule has 0 radical (unpaired) electrons. The van der Waals surface area contributed by atoms with E-state index in [9.17, 15) is 4.39 Å². The highest BCUT2D eigenvalue weighted by Crippen LogP contribution is 2.40. The third kappa shape index (κ3) is 4.70. The van der Waals surface area contributed by atoms with Crippen molar-refractivity contribution < 1.29 is 8.78 Å². The zero-order valence-electron chi connectivity index (χ0n) is 19.3. The normalized spacial score (nSPS) is 21.8. The highest BCUT2D eigenvalue weighted by atomic mass is 19.1. The molecule has 2 fully saturated rings. The van der Waals surface area contributed by atoms with Gasteiger partial charge >= 0.3 is 0 Å². The van der Waals surface area contributed by atoms with E-state index in [0.717, 1.165) is 74.4 Å². The van der Waals surface area contributed by atoms with Crippen molar-refractivity contribution in [2.45, 2.75) is 57.5 Å². The lowest BCUT2D eigenvalue weighted by atomic mass is 9.74. The van der Waals surface area contributed by atoms with Gasteiger partial charge in [0.25, 0.3) is 0 Å². The van der Waals surface area contributed by atoms with Gasteiger partial charge in [-0.3, -0.25) is 0 Å².